The Morgan fingerprint density at radius 2 is 1.91 bits per heavy atom. The summed E-state index contributed by atoms with van der Waals surface area (Å²) in [5.41, 5.74) is 8.96. The Morgan fingerprint density at radius 3 is 2.74 bits per heavy atom. The second-order valence-electron chi connectivity index (χ2n) is 12.0. The van der Waals surface area contributed by atoms with Crippen molar-refractivity contribution in [2.75, 3.05) is 31.9 Å². The van der Waals surface area contributed by atoms with E-state index in [1.807, 2.05) is 24.3 Å². The van der Waals surface area contributed by atoms with Gasteiger partial charge in [-0.3, -0.25) is 0 Å². The smallest absolute Gasteiger partial charge is 0.205 e. The van der Waals surface area contributed by atoms with Crippen molar-refractivity contribution in [2.45, 2.75) is 47.6 Å². The van der Waals surface area contributed by atoms with Crippen LogP contribution in [0.3, 0.4) is 0 Å². The summed E-state index contributed by atoms with van der Waals surface area (Å²) in [7, 11) is 0. The number of allylic oxidation sites excluding steroid dienone is 5. The van der Waals surface area contributed by atoms with Gasteiger partial charge in [-0.05, 0) is 85.5 Å². The fourth-order valence-corrected chi connectivity index (χ4v) is 5.49. The number of aromatic nitrogens is 1. The highest BCUT2D eigenvalue weighted by Gasteiger charge is 2.19. The van der Waals surface area contributed by atoms with Gasteiger partial charge in [0.25, 0.3) is 0 Å². The van der Waals surface area contributed by atoms with Crippen molar-refractivity contribution in [3.05, 3.63) is 130 Å². The highest BCUT2D eigenvalue weighted by atomic mass is 16.7. The number of rotatable bonds is 12. The third-order valence-corrected chi connectivity index (χ3v) is 8.40. The number of nitrogens with zero attached hydrogens (tertiary/aromatic N) is 1. The fraction of sp³-hybridized carbons (Fsp3) is 0.268. The summed E-state index contributed by atoms with van der Waals surface area (Å²) in [6, 6.07) is 10.3. The van der Waals surface area contributed by atoms with Crippen molar-refractivity contribution in [2.24, 2.45) is 0 Å². The van der Waals surface area contributed by atoms with E-state index in [1.165, 1.54) is 33.1 Å². The first-order valence-electron chi connectivity index (χ1n) is 16.2. The van der Waals surface area contributed by atoms with Gasteiger partial charge in [-0.15, -0.1) is 0 Å². The number of furan rings is 1. The topological polar surface area (TPSA) is 56.7 Å². The summed E-state index contributed by atoms with van der Waals surface area (Å²) >= 11 is 0. The average molecular weight is 631 g/mol. The molecule has 242 valence electrons. The lowest BCUT2D eigenvalue weighted by Crippen LogP contribution is -2.33. The number of aryl methyl sites for hydroxylation is 2. The number of hydrogen-bond acceptors (Lipinski definition) is 5. The summed E-state index contributed by atoms with van der Waals surface area (Å²) in [5, 5.41) is 6.85. The van der Waals surface area contributed by atoms with Gasteiger partial charge in [-0.2, -0.15) is 0 Å². The number of nitrogens with one attached hydrogen (secondary N) is 1. The third kappa shape index (κ3) is 8.87. The molecule has 1 aliphatic heterocycles. The lowest BCUT2D eigenvalue weighted by atomic mass is 10.0. The summed E-state index contributed by atoms with van der Waals surface area (Å²) < 4.78 is 25.5. The largest absolute Gasteiger partial charge is 0.486 e. The van der Waals surface area contributed by atoms with Crippen LogP contribution in [0.4, 0.5) is 5.69 Å². The summed E-state index contributed by atoms with van der Waals surface area (Å²) in [4.78, 5) is 0. The average Bonchev–Trinajstić information content (AvgIpc) is 3.51. The van der Waals surface area contributed by atoms with E-state index in [1.54, 1.807) is 6.26 Å². The maximum atomic E-state index is 6.23. The third-order valence-electron chi connectivity index (χ3n) is 8.40. The Kier molecular flexibility index (Phi) is 11.4. The van der Waals surface area contributed by atoms with Gasteiger partial charge < -0.3 is 23.9 Å². The molecule has 0 saturated carbocycles. The van der Waals surface area contributed by atoms with Crippen molar-refractivity contribution in [3.63, 3.8) is 0 Å². The van der Waals surface area contributed by atoms with Gasteiger partial charge in [0.05, 0.1) is 32.0 Å². The van der Waals surface area contributed by atoms with Crippen molar-refractivity contribution in [1.82, 2.24) is 0 Å². The van der Waals surface area contributed by atoms with Crippen molar-refractivity contribution >= 4 is 35.4 Å². The second kappa shape index (κ2) is 16.1. The summed E-state index contributed by atoms with van der Waals surface area (Å²) in [6.07, 6.45) is 23.6. The first kappa shape index (κ1) is 33.4. The minimum absolute atomic E-state index is 0.171. The SMILES string of the molecule is C=c1cc(C)c(=CC=C(C)C=CC=C(C)[CH+]CNc2cc[n+](CCCOc3c4c(cc5ccoc35)/C=C\COCO4)cc2)c(C)c1C. The van der Waals surface area contributed by atoms with Gasteiger partial charge in [0, 0.05) is 41.3 Å². The molecule has 5 rings (SSSR count). The van der Waals surface area contributed by atoms with Crippen LogP contribution in [0.25, 0.3) is 29.7 Å². The molecule has 47 heavy (non-hydrogen) atoms. The predicted octanol–water partition coefficient (Wildman–Crippen LogP) is 7.45. The Morgan fingerprint density at radius 1 is 1.09 bits per heavy atom. The van der Waals surface area contributed by atoms with E-state index in [2.05, 4.69) is 118 Å². The van der Waals surface area contributed by atoms with Crippen LogP contribution in [0.2, 0.25) is 0 Å². The van der Waals surface area contributed by atoms with E-state index >= 15 is 0 Å². The van der Waals surface area contributed by atoms with Crippen molar-refractivity contribution < 1.29 is 23.2 Å². The Labute approximate surface area is 278 Å². The molecule has 2 aromatic heterocycles. The molecule has 2 aromatic carbocycles. The van der Waals surface area contributed by atoms with Gasteiger partial charge in [0.2, 0.25) is 5.75 Å². The van der Waals surface area contributed by atoms with E-state index in [0.29, 0.717) is 30.3 Å². The molecule has 0 bridgehead atoms. The molecule has 0 atom stereocenters. The molecule has 0 fully saturated rings. The number of ether oxygens (including phenoxy) is 3. The number of pyridine rings is 1. The lowest BCUT2D eigenvalue weighted by molar-refractivity contribution is -0.697. The number of benzene rings is 2. The molecule has 0 aliphatic carbocycles. The molecule has 3 heterocycles. The van der Waals surface area contributed by atoms with Gasteiger partial charge in [-0.1, -0.05) is 36.9 Å². The first-order valence-corrected chi connectivity index (χ1v) is 16.2. The zero-order valence-electron chi connectivity index (χ0n) is 28.3. The molecule has 0 saturated heterocycles. The fourth-order valence-electron chi connectivity index (χ4n) is 5.49. The van der Waals surface area contributed by atoms with Crippen LogP contribution < -0.4 is 29.8 Å². The molecule has 0 spiro atoms. The molecule has 0 amide bonds. The van der Waals surface area contributed by atoms with Crippen molar-refractivity contribution in [1.29, 1.82) is 0 Å². The lowest BCUT2D eigenvalue weighted by Gasteiger charge is -2.17. The minimum atomic E-state index is 0.171. The normalized spacial score (nSPS) is 14.9. The zero-order valence-corrected chi connectivity index (χ0v) is 28.3. The highest BCUT2D eigenvalue weighted by molar-refractivity contribution is 5.90. The molecular formula is C41H46N2O4+2. The van der Waals surface area contributed by atoms with E-state index in [9.17, 15) is 0 Å². The molecular weight excluding hydrogens is 584 g/mol. The molecule has 1 N–H and O–H groups in total. The summed E-state index contributed by atoms with van der Waals surface area (Å²) in [6.45, 7) is 17.6. The van der Waals surface area contributed by atoms with Crippen LogP contribution in [-0.4, -0.2) is 26.6 Å². The number of anilines is 1. The molecule has 6 nitrogen and oxygen atoms in total. The number of hydrogen-bond donors (Lipinski definition) is 1. The summed E-state index contributed by atoms with van der Waals surface area (Å²) in [5.74, 6) is 1.28. The highest BCUT2D eigenvalue weighted by Crippen LogP contribution is 2.41. The van der Waals surface area contributed by atoms with E-state index in [4.69, 9.17) is 18.6 Å². The maximum Gasteiger partial charge on any atom is 0.205 e. The molecule has 4 aromatic rings. The van der Waals surface area contributed by atoms with E-state index in [-0.39, 0.29) is 6.79 Å². The predicted molar refractivity (Wildman–Crippen MR) is 193 cm³/mol. The van der Waals surface area contributed by atoms with E-state index in [0.717, 1.165) is 41.4 Å². The van der Waals surface area contributed by atoms with Crippen LogP contribution in [0.5, 0.6) is 11.5 Å². The Hall–Kier alpha value is -4.94. The van der Waals surface area contributed by atoms with Crippen LogP contribution in [0.15, 0.2) is 94.9 Å². The molecule has 0 radical (unpaired) electrons. The van der Waals surface area contributed by atoms with Gasteiger partial charge in [0.1, 0.15) is 12.1 Å². The van der Waals surface area contributed by atoms with E-state index < -0.39 is 0 Å². The minimum Gasteiger partial charge on any atom is -0.486 e. The molecule has 0 unspecified atom stereocenters. The quantitative estimate of drug-likeness (QED) is 0.0763. The Balaban J connectivity index is 1.06. The monoisotopic (exact) mass is 630 g/mol. The first-order chi connectivity index (χ1) is 22.8. The van der Waals surface area contributed by atoms with Crippen LogP contribution >= 0.6 is 0 Å². The van der Waals surface area contributed by atoms with Gasteiger partial charge in [-0.25, -0.2) is 4.57 Å². The van der Waals surface area contributed by atoms with Crippen LogP contribution in [-0.2, 0) is 11.3 Å². The second-order valence-corrected chi connectivity index (χ2v) is 12.0. The Bertz CT molecular complexity index is 1930. The molecule has 1 aliphatic rings. The van der Waals surface area contributed by atoms with Gasteiger partial charge in [0.15, 0.2) is 37.1 Å². The number of fused-ring (bicyclic) bond motifs is 2. The standard InChI is InChI=1S/C41H45N2O4/c1-29(13-14-38-32(4)26-31(3)33(5)34(38)6)10-7-11-30(2)15-19-42-37-16-21-43(22-17-37)20-9-24-45-41-39-36(18-25-46-39)27-35-12-8-23-44-28-47-40(35)41/h7-8,10-18,21-22,25-27H,3,9,19-20,23-24,28H2,1-2,4-6H3/q+1/p+1/b10-7?,12-8-,29-13?,30-11?,38-14?. The molecule has 6 heteroatoms. The van der Waals surface area contributed by atoms with Crippen LogP contribution in [0.1, 0.15) is 42.5 Å². The van der Waals surface area contributed by atoms with Crippen molar-refractivity contribution in [3.8, 4) is 11.5 Å². The maximum absolute atomic E-state index is 6.23. The van der Waals surface area contributed by atoms with Crippen LogP contribution in [0, 0.1) is 27.2 Å². The zero-order chi connectivity index (χ0) is 33.2. The van der Waals surface area contributed by atoms with Gasteiger partial charge >= 0.3 is 0 Å².